The Kier molecular flexibility index (Phi) is 3.15. The molecule has 9 heteroatoms. The number of hydrogen-bond donors (Lipinski definition) is 1. The molecule has 0 saturated carbocycles. The van der Waals surface area contributed by atoms with Gasteiger partial charge in [-0.2, -0.15) is 8.42 Å². The molecule has 3 aromatic heterocycles. The number of fused-ring (bicyclic) bond motifs is 1. The zero-order chi connectivity index (χ0) is 14.3. The summed E-state index contributed by atoms with van der Waals surface area (Å²) in [6.07, 6.45) is 3.13. The van der Waals surface area contributed by atoms with Gasteiger partial charge in [-0.3, -0.25) is 9.12 Å². The lowest BCUT2D eigenvalue weighted by Crippen LogP contribution is -2.16. The predicted octanol–water partition coefficient (Wildman–Crippen LogP) is 2.55. The lowest BCUT2D eigenvalue weighted by atomic mass is 10.3. The molecule has 0 aliphatic carbocycles. The van der Waals surface area contributed by atoms with Gasteiger partial charge in [0.2, 0.25) is 0 Å². The Bertz CT molecular complexity index is 885. The van der Waals surface area contributed by atoms with Crippen LogP contribution in [0.25, 0.3) is 4.96 Å². The van der Waals surface area contributed by atoms with Crippen molar-refractivity contribution in [2.45, 2.75) is 11.9 Å². The molecule has 0 spiro atoms. The fraction of sp³-hybridized carbons (Fsp3) is 0.0909. The van der Waals surface area contributed by atoms with Crippen LogP contribution in [-0.4, -0.2) is 22.8 Å². The summed E-state index contributed by atoms with van der Waals surface area (Å²) in [5.41, 5.74) is 0.721. The van der Waals surface area contributed by atoms with Gasteiger partial charge in [-0.25, -0.2) is 9.97 Å². The van der Waals surface area contributed by atoms with Crippen LogP contribution in [0, 0.1) is 6.92 Å². The van der Waals surface area contributed by atoms with E-state index in [4.69, 9.17) is 11.6 Å². The van der Waals surface area contributed by atoms with Gasteiger partial charge in [-0.15, -0.1) is 11.3 Å². The molecule has 0 radical (unpaired) electrons. The van der Waals surface area contributed by atoms with Crippen LogP contribution in [0.4, 0.5) is 5.82 Å². The molecule has 3 heterocycles. The number of imidazole rings is 1. The molecule has 0 aromatic carbocycles. The Balaban J connectivity index is 2.11. The number of aryl methyl sites for hydroxylation is 1. The van der Waals surface area contributed by atoms with E-state index in [-0.39, 0.29) is 16.0 Å². The fourth-order valence-electron chi connectivity index (χ4n) is 1.75. The molecule has 0 unspecified atom stereocenters. The summed E-state index contributed by atoms with van der Waals surface area (Å²) >= 11 is 7.24. The summed E-state index contributed by atoms with van der Waals surface area (Å²) in [7, 11) is -3.86. The van der Waals surface area contributed by atoms with Crippen LogP contribution in [0.1, 0.15) is 5.56 Å². The maximum Gasteiger partial charge on any atom is 0.282 e. The van der Waals surface area contributed by atoms with Gasteiger partial charge in [0.15, 0.2) is 15.1 Å². The molecule has 104 valence electrons. The lowest BCUT2D eigenvalue weighted by molar-refractivity contribution is 0.596. The van der Waals surface area contributed by atoms with E-state index < -0.39 is 10.0 Å². The minimum atomic E-state index is -3.86. The van der Waals surface area contributed by atoms with E-state index in [0.29, 0.717) is 4.96 Å². The van der Waals surface area contributed by atoms with Gasteiger partial charge in [-0.05, 0) is 18.6 Å². The molecular formula is C11H9ClN4O2S2. The Morgan fingerprint density at radius 2 is 2.25 bits per heavy atom. The first kappa shape index (κ1) is 13.3. The van der Waals surface area contributed by atoms with Gasteiger partial charge >= 0.3 is 0 Å². The Labute approximate surface area is 124 Å². The van der Waals surface area contributed by atoms with E-state index in [1.165, 1.54) is 21.9 Å². The SMILES string of the molecule is Cc1cccnc1NS(=O)(=O)c1c(Cl)nc2sccn12. The summed E-state index contributed by atoms with van der Waals surface area (Å²) in [5.74, 6) is 0.272. The van der Waals surface area contributed by atoms with Crippen LogP contribution >= 0.6 is 22.9 Å². The highest BCUT2D eigenvalue weighted by Gasteiger charge is 2.25. The van der Waals surface area contributed by atoms with Crippen LogP contribution in [-0.2, 0) is 10.0 Å². The number of nitrogens with zero attached hydrogens (tertiary/aromatic N) is 3. The van der Waals surface area contributed by atoms with Gasteiger partial charge in [0.25, 0.3) is 10.0 Å². The summed E-state index contributed by atoms with van der Waals surface area (Å²) in [6.45, 7) is 1.77. The normalized spacial score (nSPS) is 11.9. The van der Waals surface area contributed by atoms with Crippen molar-refractivity contribution >= 4 is 43.7 Å². The molecule has 0 saturated heterocycles. The third kappa shape index (κ3) is 2.15. The predicted molar refractivity (Wildman–Crippen MR) is 77.9 cm³/mol. The summed E-state index contributed by atoms with van der Waals surface area (Å²) < 4.78 is 28.8. The maximum atomic E-state index is 12.5. The second-order valence-corrected chi connectivity index (χ2v) is 6.87. The maximum absolute atomic E-state index is 12.5. The first-order valence-corrected chi connectivity index (χ1v) is 8.28. The van der Waals surface area contributed by atoms with E-state index in [0.717, 1.165) is 5.56 Å². The third-order valence-electron chi connectivity index (χ3n) is 2.67. The zero-order valence-electron chi connectivity index (χ0n) is 10.2. The number of anilines is 1. The smallest absolute Gasteiger partial charge is 0.278 e. The lowest BCUT2D eigenvalue weighted by Gasteiger charge is -2.08. The minimum absolute atomic E-state index is 0.0575. The number of hydrogen-bond acceptors (Lipinski definition) is 5. The Morgan fingerprint density at radius 1 is 1.45 bits per heavy atom. The summed E-state index contributed by atoms with van der Waals surface area (Å²) in [4.78, 5) is 8.54. The second-order valence-electron chi connectivity index (χ2n) is 4.04. The van der Waals surface area contributed by atoms with Crippen molar-refractivity contribution in [1.29, 1.82) is 0 Å². The molecule has 20 heavy (non-hydrogen) atoms. The number of pyridine rings is 1. The molecule has 0 atom stereocenters. The molecule has 3 rings (SSSR count). The molecular weight excluding hydrogens is 320 g/mol. The number of thiazole rings is 1. The number of halogens is 1. The first-order chi connectivity index (χ1) is 9.49. The van der Waals surface area contributed by atoms with Crippen molar-refractivity contribution in [3.63, 3.8) is 0 Å². The van der Waals surface area contributed by atoms with Crippen LogP contribution in [0.3, 0.4) is 0 Å². The molecule has 3 aromatic rings. The molecule has 6 nitrogen and oxygen atoms in total. The van der Waals surface area contributed by atoms with Crippen molar-refractivity contribution in [3.05, 3.63) is 40.6 Å². The van der Waals surface area contributed by atoms with Crippen LogP contribution in [0.2, 0.25) is 5.15 Å². The monoisotopic (exact) mass is 328 g/mol. The van der Waals surface area contributed by atoms with Crippen LogP contribution in [0.15, 0.2) is 34.9 Å². The van der Waals surface area contributed by atoms with Crippen LogP contribution < -0.4 is 4.72 Å². The number of rotatable bonds is 3. The number of aromatic nitrogens is 3. The van der Waals surface area contributed by atoms with Crippen molar-refractivity contribution < 1.29 is 8.42 Å². The molecule has 0 fully saturated rings. The molecule has 1 N–H and O–H groups in total. The van der Waals surface area contributed by atoms with E-state index in [2.05, 4.69) is 14.7 Å². The average Bonchev–Trinajstić information content (AvgIpc) is 2.91. The van der Waals surface area contributed by atoms with E-state index >= 15 is 0 Å². The van der Waals surface area contributed by atoms with Gasteiger partial charge < -0.3 is 0 Å². The third-order valence-corrected chi connectivity index (χ3v) is 5.17. The number of sulfonamides is 1. The zero-order valence-corrected chi connectivity index (χ0v) is 12.6. The highest BCUT2D eigenvalue weighted by atomic mass is 35.5. The summed E-state index contributed by atoms with van der Waals surface area (Å²) in [5, 5.41) is 1.60. The molecule has 0 amide bonds. The van der Waals surface area contributed by atoms with E-state index in [9.17, 15) is 8.42 Å². The average molecular weight is 329 g/mol. The second kappa shape index (κ2) is 4.72. The Morgan fingerprint density at radius 3 is 3.00 bits per heavy atom. The molecule has 0 aliphatic rings. The molecule has 0 bridgehead atoms. The van der Waals surface area contributed by atoms with Crippen molar-refractivity contribution in [1.82, 2.24) is 14.4 Å². The molecule has 0 aliphatic heterocycles. The number of nitrogens with one attached hydrogen (secondary N) is 1. The van der Waals surface area contributed by atoms with E-state index in [1.54, 1.807) is 30.6 Å². The Hall–Kier alpha value is -1.64. The first-order valence-electron chi connectivity index (χ1n) is 5.54. The van der Waals surface area contributed by atoms with Crippen molar-refractivity contribution in [2.75, 3.05) is 4.72 Å². The van der Waals surface area contributed by atoms with Gasteiger partial charge in [0.05, 0.1) is 0 Å². The highest BCUT2D eigenvalue weighted by Crippen LogP contribution is 2.27. The van der Waals surface area contributed by atoms with Gasteiger partial charge in [-0.1, -0.05) is 17.7 Å². The fourth-order valence-corrected chi connectivity index (χ4v) is 4.28. The van der Waals surface area contributed by atoms with Crippen molar-refractivity contribution in [3.8, 4) is 0 Å². The topological polar surface area (TPSA) is 76.4 Å². The highest BCUT2D eigenvalue weighted by molar-refractivity contribution is 7.92. The van der Waals surface area contributed by atoms with Crippen molar-refractivity contribution in [2.24, 2.45) is 0 Å². The quantitative estimate of drug-likeness (QED) is 0.801. The van der Waals surface area contributed by atoms with Crippen LogP contribution in [0.5, 0.6) is 0 Å². The minimum Gasteiger partial charge on any atom is -0.278 e. The van der Waals surface area contributed by atoms with E-state index in [1.807, 2.05) is 0 Å². The summed E-state index contributed by atoms with van der Waals surface area (Å²) in [6, 6.07) is 3.50. The van der Waals surface area contributed by atoms with Gasteiger partial charge in [0.1, 0.15) is 5.82 Å². The largest absolute Gasteiger partial charge is 0.282 e. The van der Waals surface area contributed by atoms with Gasteiger partial charge in [0, 0.05) is 17.8 Å². The standard InChI is InChI=1S/C11H9ClN4O2S2/c1-7-3-2-4-13-9(7)15-20(17,18)10-8(12)14-11-16(10)5-6-19-11/h2-6H,1H3,(H,13,15).